The molecule has 0 spiro atoms. The first-order chi connectivity index (χ1) is 10.7. The van der Waals surface area contributed by atoms with Gasteiger partial charge in [0.15, 0.2) is 5.82 Å². The molecule has 0 aliphatic rings. The van der Waals surface area contributed by atoms with Crippen LogP contribution in [0, 0.1) is 6.92 Å². The summed E-state index contributed by atoms with van der Waals surface area (Å²) in [7, 11) is 0. The molecule has 0 unspecified atom stereocenters. The normalized spacial score (nSPS) is 10.4. The monoisotopic (exact) mass is 299 g/mol. The highest BCUT2D eigenvalue weighted by atomic mass is 16.5. The zero-order valence-electron chi connectivity index (χ0n) is 11.7. The Bertz CT molecular complexity index is 749. The second-order valence-electron chi connectivity index (χ2n) is 4.50. The number of hydrogen-bond acceptors (Lipinski definition) is 7. The Morgan fingerprint density at radius 2 is 2.18 bits per heavy atom. The SMILES string of the molecule is Cc1cc(NC(=O)c2cnc(NCc3ccco3)cn2)no1. The smallest absolute Gasteiger partial charge is 0.277 e. The van der Waals surface area contributed by atoms with E-state index in [0.29, 0.717) is 23.9 Å². The van der Waals surface area contributed by atoms with Gasteiger partial charge >= 0.3 is 0 Å². The first kappa shape index (κ1) is 13.8. The van der Waals surface area contributed by atoms with Crippen molar-refractivity contribution in [1.82, 2.24) is 15.1 Å². The van der Waals surface area contributed by atoms with Crippen molar-refractivity contribution in [3.8, 4) is 0 Å². The van der Waals surface area contributed by atoms with Gasteiger partial charge in [-0.3, -0.25) is 4.79 Å². The molecule has 1 amide bonds. The number of nitrogens with zero attached hydrogens (tertiary/aromatic N) is 3. The number of anilines is 2. The van der Waals surface area contributed by atoms with E-state index in [1.807, 2.05) is 12.1 Å². The molecule has 0 fully saturated rings. The summed E-state index contributed by atoms with van der Waals surface area (Å²) in [5, 5.41) is 9.29. The highest BCUT2D eigenvalue weighted by Gasteiger charge is 2.11. The number of aryl methyl sites for hydroxylation is 1. The van der Waals surface area contributed by atoms with E-state index in [1.165, 1.54) is 12.4 Å². The van der Waals surface area contributed by atoms with Crippen LogP contribution in [0.3, 0.4) is 0 Å². The molecule has 3 aromatic heterocycles. The van der Waals surface area contributed by atoms with Crippen molar-refractivity contribution in [2.75, 3.05) is 10.6 Å². The fraction of sp³-hybridized carbons (Fsp3) is 0.143. The molecule has 3 heterocycles. The van der Waals surface area contributed by atoms with Crippen LogP contribution in [0.15, 0.2) is 45.8 Å². The van der Waals surface area contributed by atoms with Crippen molar-refractivity contribution >= 4 is 17.5 Å². The Morgan fingerprint density at radius 1 is 1.27 bits per heavy atom. The molecule has 0 aliphatic carbocycles. The maximum absolute atomic E-state index is 11.9. The van der Waals surface area contributed by atoms with E-state index in [4.69, 9.17) is 8.94 Å². The molecular weight excluding hydrogens is 286 g/mol. The lowest BCUT2D eigenvalue weighted by atomic mass is 10.4. The number of nitrogens with one attached hydrogen (secondary N) is 2. The third-order valence-corrected chi connectivity index (χ3v) is 2.78. The summed E-state index contributed by atoms with van der Waals surface area (Å²) in [5.74, 6) is 1.87. The van der Waals surface area contributed by atoms with Crippen LogP contribution in [0.4, 0.5) is 11.6 Å². The molecule has 0 saturated carbocycles. The van der Waals surface area contributed by atoms with Crippen molar-refractivity contribution < 1.29 is 13.7 Å². The van der Waals surface area contributed by atoms with Crippen molar-refractivity contribution in [2.45, 2.75) is 13.5 Å². The standard InChI is InChI=1S/C14H13N5O3/c1-9-5-12(19-22-9)18-14(20)11-7-17-13(8-15-11)16-6-10-3-2-4-21-10/h2-5,7-8H,6H2,1H3,(H,16,17)(H,18,19,20). The molecule has 0 aromatic carbocycles. The Hall–Kier alpha value is -3.16. The van der Waals surface area contributed by atoms with Gasteiger partial charge in [-0.1, -0.05) is 5.16 Å². The number of furan rings is 1. The lowest BCUT2D eigenvalue weighted by Gasteiger charge is -2.04. The molecule has 0 bridgehead atoms. The number of carbonyl (C=O) groups excluding carboxylic acids is 1. The molecule has 8 heteroatoms. The number of amides is 1. The molecule has 0 radical (unpaired) electrons. The third kappa shape index (κ3) is 3.29. The molecule has 112 valence electrons. The first-order valence-electron chi connectivity index (χ1n) is 6.54. The van der Waals surface area contributed by atoms with E-state index >= 15 is 0 Å². The highest BCUT2D eigenvalue weighted by molar-refractivity contribution is 6.02. The average molecular weight is 299 g/mol. The maximum Gasteiger partial charge on any atom is 0.277 e. The van der Waals surface area contributed by atoms with Gasteiger partial charge in [-0.25, -0.2) is 9.97 Å². The Balaban J connectivity index is 1.59. The molecular formula is C14H13N5O3. The summed E-state index contributed by atoms with van der Waals surface area (Å²) in [5.41, 5.74) is 0.184. The van der Waals surface area contributed by atoms with Crippen LogP contribution in [0.5, 0.6) is 0 Å². The van der Waals surface area contributed by atoms with Crippen molar-refractivity contribution in [2.24, 2.45) is 0 Å². The molecule has 3 aromatic rings. The fourth-order valence-corrected chi connectivity index (χ4v) is 1.73. The van der Waals surface area contributed by atoms with Gasteiger partial charge in [0, 0.05) is 6.07 Å². The van der Waals surface area contributed by atoms with E-state index in [9.17, 15) is 4.79 Å². The predicted molar refractivity (Wildman–Crippen MR) is 77.3 cm³/mol. The van der Waals surface area contributed by atoms with Crippen molar-refractivity contribution in [1.29, 1.82) is 0 Å². The zero-order valence-corrected chi connectivity index (χ0v) is 11.7. The van der Waals surface area contributed by atoms with Crippen LogP contribution >= 0.6 is 0 Å². The van der Waals surface area contributed by atoms with Crippen LogP contribution in [-0.2, 0) is 6.54 Å². The van der Waals surface area contributed by atoms with Gasteiger partial charge in [-0.15, -0.1) is 0 Å². The topological polar surface area (TPSA) is 106 Å². The van der Waals surface area contributed by atoms with Gasteiger partial charge in [-0.05, 0) is 19.1 Å². The molecule has 2 N–H and O–H groups in total. The predicted octanol–water partition coefficient (Wildman–Crippen LogP) is 2.23. The van der Waals surface area contributed by atoms with Crippen LogP contribution in [-0.4, -0.2) is 21.0 Å². The minimum Gasteiger partial charge on any atom is -0.467 e. The third-order valence-electron chi connectivity index (χ3n) is 2.78. The molecule has 3 rings (SSSR count). The average Bonchev–Trinajstić information content (AvgIpc) is 3.17. The largest absolute Gasteiger partial charge is 0.467 e. The summed E-state index contributed by atoms with van der Waals surface area (Å²) in [6.07, 6.45) is 4.46. The van der Waals surface area contributed by atoms with Crippen LogP contribution in [0.1, 0.15) is 22.0 Å². The molecule has 22 heavy (non-hydrogen) atoms. The Labute approximate surface area is 125 Å². The second-order valence-corrected chi connectivity index (χ2v) is 4.50. The van der Waals surface area contributed by atoms with Crippen molar-refractivity contribution in [3.63, 3.8) is 0 Å². The highest BCUT2D eigenvalue weighted by Crippen LogP contribution is 2.10. The second kappa shape index (κ2) is 6.08. The van der Waals surface area contributed by atoms with Gasteiger partial charge in [-0.2, -0.15) is 0 Å². The van der Waals surface area contributed by atoms with Crippen molar-refractivity contribution in [3.05, 3.63) is 54.1 Å². The summed E-state index contributed by atoms with van der Waals surface area (Å²) in [6.45, 7) is 2.23. The van der Waals surface area contributed by atoms with Gasteiger partial charge in [0.25, 0.3) is 5.91 Å². The number of hydrogen-bond donors (Lipinski definition) is 2. The van der Waals surface area contributed by atoms with E-state index in [2.05, 4.69) is 25.8 Å². The van der Waals surface area contributed by atoms with Crippen LogP contribution in [0.25, 0.3) is 0 Å². The summed E-state index contributed by atoms with van der Waals surface area (Å²) < 4.78 is 10.1. The van der Waals surface area contributed by atoms with E-state index in [-0.39, 0.29) is 5.69 Å². The molecule has 0 aliphatic heterocycles. The molecule has 0 saturated heterocycles. The Morgan fingerprint density at radius 3 is 2.82 bits per heavy atom. The van der Waals surface area contributed by atoms with E-state index < -0.39 is 5.91 Å². The van der Waals surface area contributed by atoms with Crippen LogP contribution in [0.2, 0.25) is 0 Å². The lowest BCUT2D eigenvalue weighted by molar-refractivity contribution is 0.102. The number of carbonyl (C=O) groups is 1. The van der Waals surface area contributed by atoms with Gasteiger partial charge < -0.3 is 19.6 Å². The minimum absolute atomic E-state index is 0.184. The van der Waals surface area contributed by atoms with E-state index in [1.54, 1.807) is 19.3 Å². The molecule has 0 atom stereocenters. The summed E-state index contributed by atoms with van der Waals surface area (Å²) in [6, 6.07) is 5.27. The fourth-order valence-electron chi connectivity index (χ4n) is 1.73. The van der Waals surface area contributed by atoms with E-state index in [0.717, 1.165) is 5.76 Å². The quantitative estimate of drug-likeness (QED) is 0.744. The number of rotatable bonds is 5. The summed E-state index contributed by atoms with van der Waals surface area (Å²) in [4.78, 5) is 20.1. The zero-order chi connectivity index (χ0) is 15.4. The van der Waals surface area contributed by atoms with Gasteiger partial charge in [0.2, 0.25) is 0 Å². The number of aromatic nitrogens is 3. The van der Waals surface area contributed by atoms with Gasteiger partial charge in [0.1, 0.15) is 23.0 Å². The Kier molecular flexibility index (Phi) is 3.82. The minimum atomic E-state index is -0.404. The van der Waals surface area contributed by atoms with Gasteiger partial charge in [0.05, 0.1) is 25.2 Å². The maximum atomic E-state index is 11.9. The van der Waals surface area contributed by atoms with Crippen LogP contribution < -0.4 is 10.6 Å². The molecule has 8 nitrogen and oxygen atoms in total. The summed E-state index contributed by atoms with van der Waals surface area (Å²) >= 11 is 0. The lowest BCUT2D eigenvalue weighted by Crippen LogP contribution is -2.14. The first-order valence-corrected chi connectivity index (χ1v) is 6.54.